The van der Waals surface area contributed by atoms with E-state index in [-0.39, 0.29) is 30.3 Å². The standard InChI is InChI=1S/C18H25F3N4O2/c1-12(2)23-16(26)11-24(3)17(27)13-6-8-25(9-7-13)15-5-4-14(10-22-15)18(19,20)21/h4-5,10,12-13H,6-9,11H2,1-3H3,(H,23,26)/p+1. The van der Waals surface area contributed by atoms with Crippen LogP contribution in [-0.4, -0.2) is 49.4 Å². The SMILES string of the molecule is CC(C)NC(=O)CN(C)C(=O)C1CCN(c2ccc(C(F)(F)F)c[nH+]2)CC1. The number of nitrogens with one attached hydrogen (secondary N) is 2. The molecule has 2 amide bonds. The maximum absolute atomic E-state index is 12.6. The maximum Gasteiger partial charge on any atom is 0.419 e. The molecular formula is C18H26F3N4O2+. The zero-order valence-corrected chi connectivity index (χ0v) is 15.8. The van der Waals surface area contributed by atoms with Crippen molar-refractivity contribution in [2.24, 2.45) is 5.92 Å². The van der Waals surface area contributed by atoms with Crippen LogP contribution in [-0.2, 0) is 15.8 Å². The lowest BCUT2D eigenvalue weighted by Crippen LogP contribution is -2.46. The van der Waals surface area contributed by atoms with Gasteiger partial charge in [0, 0.05) is 25.1 Å². The molecule has 27 heavy (non-hydrogen) atoms. The summed E-state index contributed by atoms with van der Waals surface area (Å²) in [4.78, 5) is 30.3. The molecule has 0 aromatic carbocycles. The quantitative estimate of drug-likeness (QED) is 0.837. The average Bonchev–Trinajstić information content (AvgIpc) is 2.60. The van der Waals surface area contributed by atoms with Gasteiger partial charge >= 0.3 is 6.18 Å². The summed E-state index contributed by atoms with van der Waals surface area (Å²) in [5.41, 5.74) is -0.724. The monoisotopic (exact) mass is 387 g/mol. The molecule has 2 N–H and O–H groups in total. The van der Waals surface area contributed by atoms with E-state index in [2.05, 4.69) is 10.3 Å². The van der Waals surface area contributed by atoms with Gasteiger partial charge in [-0.25, -0.2) is 4.98 Å². The van der Waals surface area contributed by atoms with Crippen LogP contribution in [0.2, 0.25) is 0 Å². The molecule has 1 aromatic heterocycles. The Kier molecular flexibility index (Phi) is 6.67. The molecule has 1 aliphatic rings. The topological polar surface area (TPSA) is 66.8 Å². The second kappa shape index (κ2) is 8.58. The van der Waals surface area contributed by atoms with Gasteiger partial charge in [0.25, 0.3) is 5.82 Å². The zero-order valence-electron chi connectivity index (χ0n) is 15.8. The first-order valence-electron chi connectivity index (χ1n) is 8.96. The summed E-state index contributed by atoms with van der Waals surface area (Å²) >= 11 is 0. The van der Waals surface area contributed by atoms with Gasteiger partial charge in [-0.1, -0.05) is 0 Å². The molecule has 0 aliphatic carbocycles. The molecule has 0 saturated carbocycles. The molecule has 0 unspecified atom stereocenters. The number of alkyl halides is 3. The van der Waals surface area contributed by atoms with E-state index < -0.39 is 11.7 Å². The van der Waals surface area contributed by atoms with E-state index >= 15 is 0 Å². The van der Waals surface area contributed by atoms with Crippen molar-refractivity contribution in [2.75, 3.05) is 31.6 Å². The lowest BCUT2D eigenvalue weighted by Gasteiger charge is -2.29. The summed E-state index contributed by atoms with van der Waals surface area (Å²) in [5, 5.41) is 2.75. The second-order valence-electron chi connectivity index (χ2n) is 7.14. The third-order valence-electron chi connectivity index (χ3n) is 4.52. The lowest BCUT2D eigenvalue weighted by molar-refractivity contribution is -0.367. The van der Waals surface area contributed by atoms with Gasteiger partial charge in [0.2, 0.25) is 11.8 Å². The first kappa shape index (κ1) is 21.0. The number of likely N-dealkylation sites (N-methyl/N-ethyl adjacent to an activating group) is 1. The summed E-state index contributed by atoms with van der Waals surface area (Å²) < 4.78 is 37.9. The molecule has 0 radical (unpaired) electrons. The largest absolute Gasteiger partial charge is 0.419 e. The molecule has 2 rings (SSSR count). The van der Waals surface area contributed by atoms with Gasteiger partial charge in [0.05, 0.1) is 25.2 Å². The number of anilines is 1. The normalized spacial score (nSPS) is 15.7. The van der Waals surface area contributed by atoms with Crippen molar-refractivity contribution in [3.8, 4) is 0 Å². The number of halogens is 3. The van der Waals surface area contributed by atoms with E-state index in [0.717, 1.165) is 12.3 Å². The Morgan fingerprint density at radius 2 is 1.93 bits per heavy atom. The number of H-pyrrole nitrogens is 1. The van der Waals surface area contributed by atoms with Crippen LogP contribution in [0.15, 0.2) is 18.3 Å². The van der Waals surface area contributed by atoms with Gasteiger partial charge in [-0.15, -0.1) is 0 Å². The molecule has 1 saturated heterocycles. The van der Waals surface area contributed by atoms with Crippen molar-refractivity contribution in [3.63, 3.8) is 0 Å². The predicted octanol–water partition coefficient (Wildman–Crippen LogP) is 1.72. The van der Waals surface area contributed by atoms with E-state index in [1.54, 1.807) is 7.05 Å². The molecule has 2 heterocycles. The molecule has 0 atom stereocenters. The Hall–Kier alpha value is -2.32. The minimum Gasteiger partial charge on any atom is -0.352 e. The Morgan fingerprint density at radius 1 is 1.30 bits per heavy atom. The predicted molar refractivity (Wildman–Crippen MR) is 93.9 cm³/mol. The first-order chi connectivity index (χ1) is 12.6. The van der Waals surface area contributed by atoms with Crippen molar-refractivity contribution in [1.82, 2.24) is 10.2 Å². The summed E-state index contributed by atoms with van der Waals surface area (Å²) in [6, 6.07) is 2.47. The zero-order chi connectivity index (χ0) is 20.2. The highest BCUT2D eigenvalue weighted by molar-refractivity contribution is 5.86. The Bertz CT molecular complexity index is 654. The van der Waals surface area contributed by atoms with Crippen molar-refractivity contribution in [1.29, 1.82) is 0 Å². The second-order valence-corrected chi connectivity index (χ2v) is 7.14. The number of amides is 2. The van der Waals surface area contributed by atoms with Crippen LogP contribution in [0, 0.1) is 5.92 Å². The number of pyridine rings is 1. The van der Waals surface area contributed by atoms with Crippen molar-refractivity contribution in [2.45, 2.75) is 38.9 Å². The highest BCUT2D eigenvalue weighted by Crippen LogP contribution is 2.29. The fraction of sp³-hybridized carbons (Fsp3) is 0.611. The number of carbonyl (C=O) groups excluding carboxylic acids is 2. The van der Waals surface area contributed by atoms with Crippen molar-refractivity contribution in [3.05, 3.63) is 23.9 Å². The Balaban J connectivity index is 1.87. The van der Waals surface area contributed by atoms with Gasteiger partial charge < -0.3 is 10.2 Å². The summed E-state index contributed by atoms with van der Waals surface area (Å²) in [7, 11) is 1.61. The Morgan fingerprint density at radius 3 is 2.41 bits per heavy atom. The van der Waals surface area contributed by atoms with Gasteiger partial charge in [0.1, 0.15) is 6.20 Å². The fourth-order valence-electron chi connectivity index (χ4n) is 3.13. The van der Waals surface area contributed by atoms with Gasteiger partial charge in [-0.2, -0.15) is 13.2 Å². The molecule has 150 valence electrons. The van der Waals surface area contributed by atoms with Crippen molar-refractivity contribution < 1.29 is 27.7 Å². The maximum atomic E-state index is 12.6. The van der Waals surface area contributed by atoms with Crippen molar-refractivity contribution >= 4 is 17.6 Å². The first-order valence-corrected chi connectivity index (χ1v) is 8.96. The van der Waals surface area contributed by atoms with Crippen LogP contribution in [0.3, 0.4) is 0 Å². The van der Waals surface area contributed by atoms with E-state index in [0.29, 0.717) is 31.7 Å². The van der Waals surface area contributed by atoms with Gasteiger partial charge in [-0.05, 0) is 32.8 Å². The molecule has 6 nitrogen and oxygen atoms in total. The van der Waals surface area contributed by atoms with Crippen LogP contribution in [0.5, 0.6) is 0 Å². The van der Waals surface area contributed by atoms with Crippen LogP contribution >= 0.6 is 0 Å². The third kappa shape index (κ3) is 5.83. The van der Waals surface area contributed by atoms with E-state index in [4.69, 9.17) is 0 Å². The average molecular weight is 387 g/mol. The number of aromatic amines is 1. The van der Waals surface area contributed by atoms with Gasteiger partial charge in [0.15, 0.2) is 0 Å². The Labute approximate surface area is 156 Å². The van der Waals surface area contributed by atoms with Gasteiger partial charge in [-0.3, -0.25) is 14.5 Å². The summed E-state index contributed by atoms with van der Waals surface area (Å²) in [6.45, 7) is 4.85. The lowest BCUT2D eigenvalue weighted by atomic mass is 9.95. The number of hydrogen-bond donors (Lipinski definition) is 1. The summed E-state index contributed by atoms with van der Waals surface area (Å²) in [5.74, 6) is 0.133. The molecule has 1 fully saturated rings. The molecule has 0 bridgehead atoms. The minimum absolute atomic E-state index is 0.0178. The fourth-order valence-corrected chi connectivity index (χ4v) is 3.13. The smallest absolute Gasteiger partial charge is 0.352 e. The number of aromatic nitrogens is 1. The van der Waals surface area contributed by atoms with Crippen LogP contribution in [0.25, 0.3) is 0 Å². The number of hydrogen-bond acceptors (Lipinski definition) is 3. The van der Waals surface area contributed by atoms with Crippen LogP contribution in [0.4, 0.5) is 19.0 Å². The number of rotatable bonds is 5. The number of piperidine rings is 1. The van der Waals surface area contributed by atoms with E-state index in [9.17, 15) is 22.8 Å². The minimum atomic E-state index is -4.37. The molecule has 9 heteroatoms. The number of nitrogens with zero attached hydrogens (tertiary/aromatic N) is 2. The third-order valence-corrected chi connectivity index (χ3v) is 4.52. The summed E-state index contributed by atoms with van der Waals surface area (Å²) in [6.07, 6.45) is -2.25. The van der Waals surface area contributed by atoms with Crippen LogP contribution < -0.4 is 15.2 Å². The number of carbonyl (C=O) groups is 2. The molecule has 1 aromatic rings. The van der Waals surface area contributed by atoms with E-state index in [1.807, 2.05) is 18.7 Å². The highest BCUT2D eigenvalue weighted by atomic mass is 19.4. The molecule has 0 spiro atoms. The molecular weight excluding hydrogens is 361 g/mol. The van der Waals surface area contributed by atoms with Crippen LogP contribution in [0.1, 0.15) is 32.3 Å². The van der Waals surface area contributed by atoms with E-state index in [1.165, 1.54) is 11.0 Å². The molecule has 1 aliphatic heterocycles. The highest BCUT2D eigenvalue weighted by Gasteiger charge is 2.34.